The summed E-state index contributed by atoms with van der Waals surface area (Å²) in [6.45, 7) is 0.866. The molecule has 1 fully saturated rings. The zero-order chi connectivity index (χ0) is 12.4. The van der Waals surface area contributed by atoms with E-state index in [1.54, 1.807) is 0 Å². The van der Waals surface area contributed by atoms with Crippen LogP contribution in [0.5, 0.6) is 0 Å². The number of nitrogens with one attached hydrogen (secondary N) is 2. The molecule has 1 aliphatic carbocycles. The fraction of sp³-hybridized carbons (Fsp3) is 0.571. The molecule has 2 heterocycles. The van der Waals surface area contributed by atoms with Crippen LogP contribution in [0.2, 0.25) is 0 Å². The van der Waals surface area contributed by atoms with Crippen LogP contribution in [0.4, 0.5) is 0 Å². The van der Waals surface area contributed by atoms with Gasteiger partial charge in [0.25, 0.3) is 0 Å². The van der Waals surface area contributed by atoms with Crippen LogP contribution in [-0.4, -0.2) is 23.5 Å². The Hall–Kier alpha value is -1.42. The van der Waals surface area contributed by atoms with Crippen molar-refractivity contribution in [2.24, 2.45) is 0 Å². The highest BCUT2D eigenvalue weighted by Gasteiger charge is 2.24. The first-order chi connectivity index (χ1) is 8.83. The minimum atomic E-state index is 0.188. The third-order valence-corrected chi connectivity index (χ3v) is 3.90. The van der Waals surface area contributed by atoms with Gasteiger partial charge >= 0.3 is 0 Å². The number of aromatic nitrogens is 1. The van der Waals surface area contributed by atoms with E-state index in [0.717, 1.165) is 19.4 Å². The lowest BCUT2D eigenvalue weighted by Crippen LogP contribution is -2.38. The Morgan fingerprint density at radius 3 is 3.17 bits per heavy atom. The van der Waals surface area contributed by atoms with E-state index in [1.807, 2.05) is 12.3 Å². The molecule has 0 unspecified atom stereocenters. The zero-order valence-electron chi connectivity index (χ0n) is 10.5. The topological polar surface area (TPSA) is 54.0 Å². The van der Waals surface area contributed by atoms with E-state index in [1.165, 1.54) is 24.1 Å². The fourth-order valence-corrected chi connectivity index (χ4v) is 2.93. The van der Waals surface area contributed by atoms with Crippen LogP contribution in [0, 0.1) is 0 Å². The molecule has 1 saturated heterocycles. The number of hydrogen-bond acceptors (Lipinski definition) is 3. The van der Waals surface area contributed by atoms with Crippen molar-refractivity contribution < 1.29 is 4.79 Å². The van der Waals surface area contributed by atoms with Gasteiger partial charge in [0.05, 0.1) is 0 Å². The Morgan fingerprint density at radius 1 is 1.39 bits per heavy atom. The van der Waals surface area contributed by atoms with Crippen LogP contribution in [0.3, 0.4) is 0 Å². The number of pyridine rings is 1. The Morgan fingerprint density at radius 2 is 2.33 bits per heavy atom. The number of hydrogen-bond donors (Lipinski definition) is 2. The van der Waals surface area contributed by atoms with Crippen molar-refractivity contribution in [1.29, 1.82) is 0 Å². The molecule has 2 atom stereocenters. The van der Waals surface area contributed by atoms with Gasteiger partial charge < -0.3 is 10.6 Å². The zero-order valence-corrected chi connectivity index (χ0v) is 10.5. The Bertz CT molecular complexity index is 446. The first-order valence-corrected chi connectivity index (χ1v) is 6.79. The van der Waals surface area contributed by atoms with Crippen molar-refractivity contribution in [3.05, 3.63) is 29.6 Å². The van der Waals surface area contributed by atoms with Gasteiger partial charge in [-0.25, -0.2) is 0 Å². The summed E-state index contributed by atoms with van der Waals surface area (Å²) in [5.74, 6) is 0.188. The molecule has 4 heteroatoms. The van der Waals surface area contributed by atoms with E-state index in [-0.39, 0.29) is 5.91 Å². The molecule has 0 bridgehead atoms. The van der Waals surface area contributed by atoms with Gasteiger partial charge in [-0.05, 0) is 37.3 Å². The van der Waals surface area contributed by atoms with Crippen molar-refractivity contribution in [3.8, 4) is 0 Å². The quantitative estimate of drug-likeness (QED) is 0.844. The summed E-state index contributed by atoms with van der Waals surface area (Å²) in [4.78, 5) is 15.6. The fourth-order valence-electron chi connectivity index (χ4n) is 2.93. The maximum Gasteiger partial charge on any atom is 0.220 e. The highest BCUT2D eigenvalue weighted by Crippen LogP contribution is 2.28. The van der Waals surface area contributed by atoms with E-state index in [0.29, 0.717) is 18.5 Å². The molecule has 0 spiro atoms. The number of nitrogens with zero attached hydrogens (tertiary/aromatic N) is 1. The Kier molecular flexibility index (Phi) is 3.28. The first-order valence-electron chi connectivity index (χ1n) is 6.79. The molecule has 2 aliphatic rings. The summed E-state index contributed by atoms with van der Waals surface area (Å²) in [6.07, 6.45) is 6.96. The number of aryl methyl sites for hydroxylation is 1. The van der Waals surface area contributed by atoms with Crippen molar-refractivity contribution in [2.45, 2.75) is 44.2 Å². The van der Waals surface area contributed by atoms with Crippen LogP contribution in [0.15, 0.2) is 18.3 Å². The van der Waals surface area contributed by atoms with Gasteiger partial charge in [0.2, 0.25) is 5.91 Å². The average Bonchev–Trinajstić information content (AvgIpc) is 2.82. The van der Waals surface area contributed by atoms with E-state index in [2.05, 4.69) is 21.7 Å². The maximum absolute atomic E-state index is 11.2. The van der Waals surface area contributed by atoms with Crippen LogP contribution < -0.4 is 10.6 Å². The number of carbonyl (C=O) groups excluding carboxylic acids is 1. The molecule has 2 N–H and O–H groups in total. The number of fused-ring (bicyclic) bond motifs is 1. The summed E-state index contributed by atoms with van der Waals surface area (Å²) >= 11 is 0. The predicted octanol–water partition coefficient (Wildman–Crippen LogP) is 1.33. The summed E-state index contributed by atoms with van der Waals surface area (Å²) < 4.78 is 0. The largest absolute Gasteiger partial charge is 0.352 e. The van der Waals surface area contributed by atoms with Crippen molar-refractivity contribution >= 4 is 5.91 Å². The molecule has 96 valence electrons. The highest BCUT2D eigenvalue weighted by atomic mass is 16.1. The second kappa shape index (κ2) is 5.06. The minimum Gasteiger partial charge on any atom is -0.352 e. The molecule has 1 aromatic heterocycles. The molecular weight excluding hydrogens is 226 g/mol. The van der Waals surface area contributed by atoms with Crippen molar-refractivity contribution in [3.63, 3.8) is 0 Å². The van der Waals surface area contributed by atoms with E-state index < -0.39 is 0 Å². The average molecular weight is 245 g/mol. The second-order valence-corrected chi connectivity index (χ2v) is 5.20. The summed E-state index contributed by atoms with van der Waals surface area (Å²) in [5, 5.41) is 6.59. The number of carbonyl (C=O) groups is 1. The molecule has 18 heavy (non-hydrogen) atoms. The Labute approximate surface area is 107 Å². The van der Waals surface area contributed by atoms with Crippen molar-refractivity contribution in [1.82, 2.24) is 15.6 Å². The molecule has 0 radical (unpaired) electrons. The number of amides is 1. The smallest absolute Gasteiger partial charge is 0.220 e. The van der Waals surface area contributed by atoms with Crippen LogP contribution in [-0.2, 0) is 11.2 Å². The van der Waals surface area contributed by atoms with Gasteiger partial charge in [0.1, 0.15) is 0 Å². The molecule has 0 saturated carbocycles. The van der Waals surface area contributed by atoms with Gasteiger partial charge in [0.15, 0.2) is 0 Å². The van der Waals surface area contributed by atoms with Crippen LogP contribution >= 0.6 is 0 Å². The van der Waals surface area contributed by atoms with E-state index in [4.69, 9.17) is 0 Å². The van der Waals surface area contributed by atoms with Crippen LogP contribution in [0.25, 0.3) is 0 Å². The predicted molar refractivity (Wildman–Crippen MR) is 69.1 cm³/mol. The van der Waals surface area contributed by atoms with Gasteiger partial charge in [-0.1, -0.05) is 6.07 Å². The van der Waals surface area contributed by atoms with Crippen LogP contribution in [0.1, 0.15) is 43.0 Å². The lowest BCUT2D eigenvalue weighted by Gasteiger charge is -2.26. The monoisotopic (exact) mass is 245 g/mol. The summed E-state index contributed by atoms with van der Waals surface area (Å²) in [5.41, 5.74) is 2.57. The van der Waals surface area contributed by atoms with E-state index in [9.17, 15) is 4.79 Å². The van der Waals surface area contributed by atoms with Crippen molar-refractivity contribution in [2.75, 3.05) is 6.54 Å². The molecule has 1 aliphatic heterocycles. The maximum atomic E-state index is 11.2. The normalized spacial score (nSPS) is 26.8. The SMILES string of the molecule is O=C1CC[C@@H](CN[C@@H]2CCCc3ncccc32)N1. The Balaban J connectivity index is 1.62. The summed E-state index contributed by atoms with van der Waals surface area (Å²) in [7, 11) is 0. The second-order valence-electron chi connectivity index (χ2n) is 5.20. The molecule has 1 amide bonds. The lowest BCUT2D eigenvalue weighted by atomic mass is 9.91. The minimum absolute atomic E-state index is 0.188. The van der Waals surface area contributed by atoms with Gasteiger partial charge in [-0.15, -0.1) is 0 Å². The molecule has 4 nitrogen and oxygen atoms in total. The highest BCUT2D eigenvalue weighted by molar-refractivity contribution is 5.78. The summed E-state index contributed by atoms with van der Waals surface area (Å²) in [6, 6.07) is 4.89. The third-order valence-electron chi connectivity index (χ3n) is 3.90. The standard InChI is InChI=1S/C14H19N3O/c18-14-7-6-10(17-14)9-16-13-5-1-4-12-11(13)3-2-8-15-12/h2-3,8,10,13,16H,1,4-7,9H2,(H,17,18)/t10-,13+/m0/s1. The molecule has 0 aromatic carbocycles. The molecule has 3 rings (SSSR count). The number of rotatable bonds is 3. The first kappa shape index (κ1) is 11.7. The lowest BCUT2D eigenvalue weighted by molar-refractivity contribution is -0.119. The molecule has 1 aromatic rings. The molecular formula is C14H19N3O. The third kappa shape index (κ3) is 2.38. The van der Waals surface area contributed by atoms with Gasteiger partial charge in [0, 0.05) is 36.9 Å². The van der Waals surface area contributed by atoms with E-state index >= 15 is 0 Å². The van der Waals surface area contributed by atoms with Gasteiger partial charge in [-0.3, -0.25) is 9.78 Å². The van der Waals surface area contributed by atoms with Gasteiger partial charge in [-0.2, -0.15) is 0 Å².